The van der Waals surface area contributed by atoms with Crippen molar-refractivity contribution in [2.24, 2.45) is 0 Å². The van der Waals surface area contributed by atoms with Crippen LogP contribution >= 0.6 is 7.82 Å². The zero-order valence-corrected chi connectivity index (χ0v) is 11.7. The van der Waals surface area contributed by atoms with E-state index in [0.717, 1.165) is 12.0 Å². The molecule has 1 N–H and O–H groups in total. The molecule has 0 heterocycles. The van der Waals surface area contributed by atoms with Crippen LogP contribution in [0.2, 0.25) is 0 Å². The van der Waals surface area contributed by atoms with Gasteiger partial charge in [-0.1, -0.05) is 36.4 Å². The standard InChI is InChI=1S/C15H15O4P/c1-2-6-13-9-11-15(12-10-13)19-20(16,17)18-14-7-4-3-5-8-14/h2-5,7-12H,1,6H2,(H,16,17). The van der Waals surface area contributed by atoms with Crippen LogP contribution in [0.3, 0.4) is 0 Å². The Kier molecular flexibility index (Phi) is 4.61. The van der Waals surface area contributed by atoms with Crippen LogP contribution in [0.5, 0.6) is 11.5 Å². The van der Waals surface area contributed by atoms with Gasteiger partial charge < -0.3 is 9.05 Å². The highest BCUT2D eigenvalue weighted by Gasteiger charge is 2.24. The number of phosphoric acid groups is 1. The van der Waals surface area contributed by atoms with Crippen LogP contribution in [-0.4, -0.2) is 4.89 Å². The molecule has 0 radical (unpaired) electrons. The predicted octanol–water partition coefficient (Wildman–Crippen LogP) is 3.97. The first kappa shape index (κ1) is 14.4. The molecule has 4 nitrogen and oxygen atoms in total. The maximum atomic E-state index is 11.9. The molecule has 0 aliphatic carbocycles. The van der Waals surface area contributed by atoms with Gasteiger partial charge in [0.2, 0.25) is 0 Å². The molecule has 0 saturated carbocycles. The van der Waals surface area contributed by atoms with Gasteiger partial charge in [0.15, 0.2) is 0 Å². The Morgan fingerprint density at radius 3 is 2.10 bits per heavy atom. The van der Waals surface area contributed by atoms with Crippen LogP contribution in [0.1, 0.15) is 5.56 Å². The number of rotatable bonds is 6. The van der Waals surface area contributed by atoms with Crippen LogP contribution in [-0.2, 0) is 11.0 Å². The Labute approximate surface area is 117 Å². The zero-order valence-electron chi connectivity index (χ0n) is 10.8. The molecule has 2 aromatic rings. The van der Waals surface area contributed by atoms with Gasteiger partial charge in [-0.25, -0.2) is 4.57 Å². The summed E-state index contributed by atoms with van der Waals surface area (Å²) in [5.41, 5.74) is 1.05. The maximum Gasteiger partial charge on any atom is 0.584 e. The summed E-state index contributed by atoms with van der Waals surface area (Å²) in [6.45, 7) is 3.65. The summed E-state index contributed by atoms with van der Waals surface area (Å²) < 4.78 is 21.8. The normalized spacial score (nSPS) is 13.2. The molecule has 0 aliphatic rings. The monoisotopic (exact) mass is 290 g/mol. The minimum Gasteiger partial charge on any atom is -0.395 e. The molecule has 2 aromatic carbocycles. The van der Waals surface area contributed by atoms with Crippen molar-refractivity contribution < 1.29 is 18.5 Å². The average Bonchev–Trinajstić information content (AvgIpc) is 2.41. The Balaban J connectivity index is 2.04. The van der Waals surface area contributed by atoms with Gasteiger partial charge in [-0.15, -0.1) is 6.58 Å². The molecular formula is C15H15O4P. The molecule has 2 rings (SSSR count). The predicted molar refractivity (Wildman–Crippen MR) is 77.9 cm³/mol. The smallest absolute Gasteiger partial charge is 0.395 e. The third-order valence-corrected chi connectivity index (χ3v) is 3.37. The first-order chi connectivity index (χ1) is 9.59. The highest BCUT2D eigenvalue weighted by molar-refractivity contribution is 7.48. The summed E-state index contributed by atoms with van der Waals surface area (Å²) in [5.74, 6) is 0.557. The van der Waals surface area contributed by atoms with E-state index in [2.05, 4.69) is 6.58 Å². The topological polar surface area (TPSA) is 55.8 Å². The number of benzene rings is 2. The minimum atomic E-state index is -4.19. The fourth-order valence-electron chi connectivity index (χ4n) is 1.62. The van der Waals surface area contributed by atoms with E-state index in [1.54, 1.807) is 60.7 Å². The zero-order chi connectivity index (χ0) is 14.4. The first-order valence-corrected chi connectivity index (χ1v) is 7.55. The van der Waals surface area contributed by atoms with Gasteiger partial charge in [0.1, 0.15) is 11.5 Å². The molecule has 5 heteroatoms. The molecule has 1 unspecified atom stereocenters. The summed E-state index contributed by atoms with van der Waals surface area (Å²) in [6.07, 6.45) is 2.52. The fourth-order valence-corrected chi connectivity index (χ4v) is 2.43. The number of para-hydroxylation sites is 1. The maximum absolute atomic E-state index is 11.9. The van der Waals surface area contributed by atoms with Gasteiger partial charge in [-0.2, -0.15) is 0 Å². The Bertz CT molecular complexity index is 608. The van der Waals surface area contributed by atoms with Crippen LogP contribution in [0.15, 0.2) is 67.3 Å². The number of phosphoric ester groups is 1. The second-order valence-corrected chi connectivity index (χ2v) is 5.40. The third-order valence-electron chi connectivity index (χ3n) is 2.49. The van der Waals surface area contributed by atoms with Gasteiger partial charge >= 0.3 is 7.82 Å². The molecule has 0 bridgehead atoms. The fraction of sp³-hybridized carbons (Fsp3) is 0.0667. The molecule has 0 saturated heterocycles. The molecule has 0 aromatic heterocycles. The van der Waals surface area contributed by atoms with E-state index in [1.807, 2.05) is 0 Å². The summed E-state index contributed by atoms with van der Waals surface area (Å²) in [6, 6.07) is 15.2. The molecule has 20 heavy (non-hydrogen) atoms. The van der Waals surface area contributed by atoms with Crippen LogP contribution in [0, 0.1) is 0 Å². The molecule has 0 fully saturated rings. The third kappa shape index (κ3) is 4.26. The summed E-state index contributed by atoms with van der Waals surface area (Å²) in [5, 5.41) is 0. The number of allylic oxidation sites excluding steroid dienone is 1. The van der Waals surface area contributed by atoms with Gasteiger partial charge in [-0.05, 0) is 36.2 Å². The average molecular weight is 290 g/mol. The summed E-state index contributed by atoms with van der Waals surface area (Å²) in [7, 11) is -4.19. The highest BCUT2D eigenvalue weighted by atomic mass is 31.2. The Hall–Kier alpha value is -2.03. The lowest BCUT2D eigenvalue weighted by Gasteiger charge is -2.13. The largest absolute Gasteiger partial charge is 0.584 e. The SMILES string of the molecule is C=CCc1ccc(OP(=O)(O)Oc2ccccc2)cc1. The Morgan fingerprint density at radius 2 is 1.55 bits per heavy atom. The summed E-state index contributed by atoms with van der Waals surface area (Å²) >= 11 is 0. The molecule has 104 valence electrons. The molecule has 1 atom stereocenters. The van der Waals surface area contributed by atoms with Gasteiger partial charge in [0, 0.05) is 0 Å². The van der Waals surface area contributed by atoms with Crippen molar-refractivity contribution in [2.45, 2.75) is 6.42 Å². The van der Waals surface area contributed by atoms with Gasteiger partial charge in [0.25, 0.3) is 0 Å². The van der Waals surface area contributed by atoms with Crippen molar-refractivity contribution >= 4 is 7.82 Å². The minimum absolute atomic E-state index is 0.277. The second-order valence-electron chi connectivity index (χ2n) is 4.10. The van der Waals surface area contributed by atoms with E-state index >= 15 is 0 Å². The lowest BCUT2D eigenvalue weighted by Crippen LogP contribution is -1.99. The van der Waals surface area contributed by atoms with E-state index < -0.39 is 7.82 Å². The van der Waals surface area contributed by atoms with E-state index in [0.29, 0.717) is 0 Å². The second kappa shape index (κ2) is 6.42. The van der Waals surface area contributed by atoms with Crippen molar-refractivity contribution in [1.29, 1.82) is 0 Å². The van der Waals surface area contributed by atoms with Crippen molar-refractivity contribution in [3.05, 3.63) is 72.8 Å². The Morgan fingerprint density at radius 1 is 1.00 bits per heavy atom. The van der Waals surface area contributed by atoms with Gasteiger partial charge in [0.05, 0.1) is 0 Å². The lowest BCUT2D eigenvalue weighted by atomic mass is 10.1. The number of hydrogen-bond acceptors (Lipinski definition) is 3. The quantitative estimate of drug-likeness (QED) is 0.646. The molecule has 0 spiro atoms. The van der Waals surface area contributed by atoms with Crippen LogP contribution in [0.25, 0.3) is 0 Å². The van der Waals surface area contributed by atoms with Crippen LogP contribution < -0.4 is 9.05 Å². The van der Waals surface area contributed by atoms with Crippen molar-refractivity contribution in [1.82, 2.24) is 0 Å². The molecule has 0 aliphatic heterocycles. The summed E-state index contributed by atoms with van der Waals surface area (Å²) in [4.78, 5) is 9.69. The van der Waals surface area contributed by atoms with Crippen molar-refractivity contribution in [2.75, 3.05) is 0 Å². The van der Waals surface area contributed by atoms with E-state index in [-0.39, 0.29) is 11.5 Å². The van der Waals surface area contributed by atoms with Crippen molar-refractivity contribution in [3.8, 4) is 11.5 Å². The van der Waals surface area contributed by atoms with Crippen LogP contribution in [0.4, 0.5) is 0 Å². The van der Waals surface area contributed by atoms with E-state index in [4.69, 9.17) is 9.05 Å². The highest BCUT2D eigenvalue weighted by Crippen LogP contribution is 2.44. The lowest BCUT2D eigenvalue weighted by molar-refractivity contribution is 0.291. The van der Waals surface area contributed by atoms with E-state index in [1.165, 1.54) is 0 Å². The van der Waals surface area contributed by atoms with E-state index in [9.17, 15) is 9.46 Å². The van der Waals surface area contributed by atoms with Crippen molar-refractivity contribution in [3.63, 3.8) is 0 Å². The number of hydrogen-bond donors (Lipinski definition) is 1. The first-order valence-electron chi connectivity index (χ1n) is 6.06. The van der Waals surface area contributed by atoms with Gasteiger partial charge in [-0.3, -0.25) is 4.89 Å². The molecular weight excluding hydrogens is 275 g/mol. The molecule has 0 amide bonds.